The van der Waals surface area contributed by atoms with Gasteiger partial charge in [0.05, 0.1) is 41.3 Å². The van der Waals surface area contributed by atoms with Crippen molar-refractivity contribution in [2.75, 3.05) is 36.5 Å². The van der Waals surface area contributed by atoms with Gasteiger partial charge >= 0.3 is 6.03 Å². The number of aryl methyl sites for hydroxylation is 2. The second-order valence-corrected chi connectivity index (χ2v) is 8.41. The van der Waals surface area contributed by atoms with Crippen LogP contribution in [0.4, 0.5) is 16.2 Å². The lowest BCUT2D eigenvalue weighted by Gasteiger charge is -2.30. The van der Waals surface area contributed by atoms with Gasteiger partial charge in [-0.15, -0.1) is 11.3 Å². The Morgan fingerprint density at radius 2 is 2.08 bits per heavy atom. The zero-order valence-electron chi connectivity index (χ0n) is 15.1. The zero-order valence-corrected chi connectivity index (χ0v) is 17.5. The lowest BCUT2D eigenvalue weighted by Crippen LogP contribution is -2.37. The third kappa shape index (κ3) is 4.55. The third-order valence-corrected chi connectivity index (χ3v) is 5.99. The van der Waals surface area contributed by atoms with Gasteiger partial charge in [-0.05, 0) is 39.0 Å². The van der Waals surface area contributed by atoms with Gasteiger partial charge in [-0.3, -0.25) is 0 Å². The summed E-state index contributed by atoms with van der Waals surface area (Å²) in [7, 11) is 0. The number of ether oxygens (including phenoxy) is 1. The second-order valence-electron chi connectivity index (χ2n) is 6.26. The van der Waals surface area contributed by atoms with E-state index in [1.165, 1.54) is 0 Å². The van der Waals surface area contributed by atoms with E-state index in [-0.39, 0.29) is 12.1 Å². The minimum Gasteiger partial charge on any atom is -0.378 e. The first-order valence-electron chi connectivity index (χ1n) is 8.57. The molecule has 6 nitrogen and oxygen atoms in total. The van der Waals surface area contributed by atoms with Crippen molar-refractivity contribution in [3.63, 3.8) is 0 Å². The van der Waals surface area contributed by atoms with Crippen molar-refractivity contribution in [1.82, 2.24) is 10.3 Å². The first kappa shape index (κ1) is 19.1. The molecule has 1 aromatic heterocycles. The normalized spacial score (nSPS) is 15.6. The molecule has 2 aromatic rings. The summed E-state index contributed by atoms with van der Waals surface area (Å²) in [5, 5.41) is 7.02. The standard InChI is InChI=1S/C18H23BrN4O2S/c1-11-17(26-13(3)20-11)12(2)21-18(24)22-15-10-14(19)4-5-16(15)23-6-8-25-9-7-23/h4-5,10,12H,6-9H2,1-3H3,(H2,21,22,24)/t12-/m0/s1. The van der Waals surface area contributed by atoms with Gasteiger partial charge in [0.25, 0.3) is 0 Å². The molecule has 1 fully saturated rings. The van der Waals surface area contributed by atoms with E-state index < -0.39 is 0 Å². The average Bonchev–Trinajstić information content (AvgIpc) is 2.94. The number of carbonyl (C=O) groups excluding carboxylic acids is 1. The largest absolute Gasteiger partial charge is 0.378 e. The van der Waals surface area contributed by atoms with E-state index in [9.17, 15) is 4.79 Å². The number of anilines is 2. The van der Waals surface area contributed by atoms with Crippen LogP contribution in [0.3, 0.4) is 0 Å². The number of hydrogen-bond acceptors (Lipinski definition) is 5. The molecule has 2 heterocycles. The number of carbonyl (C=O) groups is 1. The molecule has 1 aliphatic heterocycles. The van der Waals surface area contributed by atoms with Crippen LogP contribution < -0.4 is 15.5 Å². The Morgan fingerprint density at radius 3 is 2.73 bits per heavy atom. The molecule has 2 amide bonds. The molecule has 140 valence electrons. The van der Waals surface area contributed by atoms with Crippen molar-refractivity contribution >= 4 is 44.7 Å². The number of aromatic nitrogens is 1. The highest BCUT2D eigenvalue weighted by atomic mass is 79.9. The molecule has 1 atom stereocenters. The fourth-order valence-electron chi connectivity index (χ4n) is 3.06. The predicted octanol–water partition coefficient (Wildman–Crippen LogP) is 4.24. The fraction of sp³-hybridized carbons (Fsp3) is 0.444. The first-order valence-corrected chi connectivity index (χ1v) is 10.2. The molecular formula is C18H23BrN4O2S. The van der Waals surface area contributed by atoms with Crippen molar-refractivity contribution in [2.24, 2.45) is 0 Å². The van der Waals surface area contributed by atoms with Gasteiger partial charge in [-0.25, -0.2) is 9.78 Å². The van der Waals surface area contributed by atoms with E-state index in [0.717, 1.165) is 44.5 Å². The molecule has 0 spiro atoms. The Labute approximate surface area is 166 Å². The summed E-state index contributed by atoms with van der Waals surface area (Å²) < 4.78 is 6.35. The van der Waals surface area contributed by atoms with Crippen LogP contribution in [0.2, 0.25) is 0 Å². The summed E-state index contributed by atoms with van der Waals surface area (Å²) in [5.41, 5.74) is 2.75. The van der Waals surface area contributed by atoms with Crippen LogP contribution in [0.25, 0.3) is 0 Å². The maximum atomic E-state index is 12.6. The van der Waals surface area contributed by atoms with E-state index in [2.05, 4.69) is 36.4 Å². The van der Waals surface area contributed by atoms with Gasteiger partial charge in [0.2, 0.25) is 0 Å². The van der Waals surface area contributed by atoms with Gasteiger partial charge in [0.1, 0.15) is 0 Å². The Bertz CT molecular complexity index is 789. The minimum atomic E-state index is -0.226. The molecule has 0 bridgehead atoms. The number of rotatable bonds is 4. The number of halogens is 1. The zero-order chi connectivity index (χ0) is 18.7. The predicted molar refractivity (Wildman–Crippen MR) is 109 cm³/mol. The summed E-state index contributed by atoms with van der Waals surface area (Å²) in [6.45, 7) is 8.94. The molecular weight excluding hydrogens is 416 g/mol. The number of nitrogens with one attached hydrogen (secondary N) is 2. The Hall–Kier alpha value is -1.64. The maximum absolute atomic E-state index is 12.6. The van der Waals surface area contributed by atoms with E-state index in [0.29, 0.717) is 13.2 Å². The van der Waals surface area contributed by atoms with Gasteiger partial charge in [0.15, 0.2) is 0 Å². The van der Waals surface area contributed by atoms with Crippen molar-refractivity contribution in [2.45, 2.75) is 26.8 Å². The number of hydrogen-bond donors (Lipinski definition) is 2. The third-order valence-electron chi connectivity index (χ3n) is 4.24. The minimum absolute atomic E-state index is 0.0970. The quantitative estimate of drug-likeness (QED) is 0.748. The van der Waals surface area contributed by atoms with Gasteiger partial charge in [0, 0.05) is 22.4 Å². The fourth-order valence-corrected chi connectivity index (χ4v) is 4.35. The first-order chi connectivity index (χ1) is 12.4. The van der Waals surface area contributed by atoms with Crippen LogP contribution in [0.5, 0.6) is 0 Å². The monoisotopic (exact) mass is 438 g/mol. The summed E-state index contributed by atoms with van der Waals surface area (Å²) >= 11 is 5.10. The number of amides is 2. The molecule has 1 aliphatic rings. The molecule has 8 heteroatoms. The second kappa shape index (κ2) is 8.37. The molecule has 2 N–H and O–H groups in total. The molecule has 0 radical (unpaired) electrons. The summed E-state index contributed by atoms with van der Waals surface area (Å²) in [4.78, 5) is 20.3. The number of nitrogens with zero attached hydrogens (tertiary/aromatic N) is 2. The average molecular weight is 439 g/mol. The molecule has 1 aromatic carbocycles. The highest BCUT2D eigenvalue weighted by molar-refractivity contribution is 9.10. The van der Waals surface area contributed by atoms with E-state index in [1.54, 1.807) is 11.3 Å². The van der Waals surface area contributed by atoms with E-state index in [1.807, 2.05) is 39.0 Å². The lowest BCUT2D eigenvalue weighted by atomic mass is 10.2. The number of thiazole rings is 1. The van der Waals surface area contributed by atoms with Gasteiger partial charge in [-0.2, -0.15) is 0 Å². The van der Waals surface area contributed by atoms with Crippen LogP contribution in [0.1, 0.15) is 28.5 Å². The number of urea groups is 1. The molecule has 1 saturated heterocycles. The van der Waals surface area contributed by atoms with Gasteiger partial charge in [-0.1, -0.05) is 15.9 Å². The van der Waals surface area contributed by atoms with Crippen molar-refractivity contribution in [3.05, 3.63) is 38.3 Å². The molecule has 3 rings (SSSR count). The SMILES string of the molecule is Cc1nc(C)c([C@H](C)NC(=O)Nc2cc(Br)ccc2N2CCOCC2)s1. The molecule has 0 saturated carbocycles. The van der Waals surface area contributed by atoms with E-state index >= 15 is 0 Å². The van der Waals surface area contributed by atoms with Crippen molar-refractivity contribution in [1.29, 1.82) is 0 Å². The van der Waals surface area contributed by atoms with E-state index in [4.69, 9.17) is 4.74 Å². The number of benzene rings is 1. The topological polar surface area (TPSA) is 66.5 Å². The van der Waals surface area contributed by atoms with Crippen molar-refractivity contribution < 1.29 is 9.53 Å². The molecule has 26 heavy (non-hydrogen) atoms. The van der Waals surface area contributed by atoms with Crippen LogP contribution in [-0.4, -0.2) is 37.3 Å². The Morgan fingerprint density at radius 1 is 1.35 bits per heavy atom. The summed E-state index contributed by atoms with van der Waals surface area (Å²) in [5.74, 6) is 0. The Kier molecular flexibility index (Phi) is 6.16. The highest BCUT2D eigenvalue weighted by Gasteiger charge is 2.19. The Balaban J connectivity index is 1.72. The van der Waals surface area contributed by atoms with Crippen LogP contribution >= 0.6 is 27.3 Å². The lowest BCUT2D eigenvalue weighted by molar-refractivity contribution is 0.123. The van der Waals surface area contributed by atoms with Crippen molar-refractivity contribution in [3.8, 4) is 0 Å². The molecule has 0 aliphatic carbocycles. The van der Waals surface area contributed by atoms with Gasteiger partial charge < -0.3 is 20.3 Å². The summed E-state index contributed by atoms with van der Waals surface area (Å²) in [6.07, 6.45) is 0. The highest BCUT2D eigenvalue weighted by Crippen LogP contribution is 2.30. The smallest absolute Gasteiger partial charge is 0.319 e. The van der Waals surface area contributed by atoms with Crippen LogP contribution in [0, 0.1) is 13.8 Å². The molecule has 0 unspecified atom stereocenters. The maximum Gasteiger partial charge on any atom is 0.319 e. The van der Waals surface area contributed by atoms with Crippen LogP contribution in [-0.2, 0) is 4.74 Å². The number of morpholine rings is 1. The van der Waals surface area contributed by atoms with Crippen LogP contribution in [0.15, 0.2) is 22.7 Å². The summed E-state index contributed by atoms with van der Waals surface area (Å²) in [6, 6.07) is 5.61.